The van der Waals surface area contributed by atoms with Gasteiger partial charge in [0.05, 0.1) is 6.61 Å². The van der Waals surface area contributed by atoms with Crippen LogP contribution < -0.4 is 5.73 Å². The van der Waals surface area contributed by atoms with Crippen molar-refractivity contribution in [1.29, 1.82) is 0 Å². The number of hydrogen-bond donors (Lipinski definition) is 3. The summed E-state index contributed by atoms with van der Waals surface area (Å²) in [6.07, 6.45) is 0.637. The molecule has 0 spiro atoms. The molecule has 3 nitrogen and oxygen atoms in total. The molecule has 1 rings (SSSR count). The average molecular weight is 195 g/mol. The Morgan fingerprint density at radius 3 is 2.21 bits per heavy atom. The van der Waals surface area contributed by atoms with Crippen LogP contribution in [0.2, 0.25) is 0 Å². The van der Waals surface area contributed by atoms with Gasteiger partial charge in [-0.1, -0.05) is 12.1 Å². The normalized spacial score (nSPS) is 12.9. The minimum atomic E-state index is -0.224. The highest BCUT2D eigenvalue weighted by Gasteiger charge is 2.06. The van der Waals surface area contributed by atoms with Crippen LogP contribution in [0.3, 0.4) is 0 Å². The topological polar surface area (TPSA) is 66.5 Å². The summed E-state index contributed by atoms with van der Waals surface area (Å²) in [5, 5.41) is 18.4. The highest BCUT2D eigenvalue weighted by Crippen LogP contribution is 2.23. The first-order valence-corrected chi connectivity index (χ1v) is 4.70. The predicted octanol–water partition coefficient (Wildman–Crippen LogP) is 0.871. The Morgan fingerprint density at radius 2 is 1.79 bits per heavy atom. The molecule has 1 unspecified atom stereocenters. The van der Waals surface area contributed by atoms with E-state index in [1.165, 1.54) is 0 Å². The Hall–Kier alpha value is -1.06. The molecule has 0 aromatic heterocycles. The number of rotatable bonds is 3. The molecule has 0 aliphatic carbocycles. The molecule has 3 heteroatoms. The van der Waals surface area contributed by atoms with E-state index in [4.69, 9.17) is 10.8 Å². The molecule has 0 bridgehead atoms. The Morgan fingerprint density at radius 1 is 1.29 bits per heavy atom. The molecule has 0 radical (unpaired) electrons. The number of phenols is 1. The number of aliphatic hydroxyl groups excluding tert-OH is 1. The van der Waals surface area contributed by atoms with Crippen LogP contribution in [0.4, 0.5) is 0 Å². The van der Waals surface area contributed by atoms with Crippen LogP contribution in [0.15, 0.2) is 12.1 Å². The fraction of sp³-hybridized carbons (Fsp3) is 0.455. The summed E-state index contributed by atoms with van der Waals surface area (Å²) in [6, 6.07) is 3.58. The third kappa shape index (κ3) is 2.47. The van der Waals surface area contributed by atoms with E-state index in [9.17, 15) is 5.11 Å². The van der Waals surface area contributed by atoms with Gasteiger partial charge in [-0.15, -0.1) is 0 Å². The Bertz CT molecular complexity index is 300. The molecule has 14 heavy (non-hydrogen) atoms. The molecule has 0 heterocycles. The molecule has 0 saturated carbocycles. The third-order valence-electron chi connectivity index (χ3n) is 2.28. The highest BCUT2D eigenvalue weighted by molar-refractivity contribution is 5.42. The summed E-state index contributed by atoms with van der Waals surface area (Å²) >= 11 is 0. The Labute approximate surface area is 84.2 Å². The van der Waals surface area contributed by atoms with Crippen LogP contribution in [-0.4, -0.2) is 22.9 Å². The number of aryl methyl sites for hydroxylation is 2. The van der Waals surface area contributed by atoms with Crippen molar-refractivity contribution in [3.8, 4) is 5.75 Å². The number of hydrogen-bond acceptors (Lipinski definition) is 3. The fourth-order valence-electron chi connectivity index (χ4n) is 1.53. The first-order valence-electron chi connectivity index (χ1n) is 4.70. The molecule has 4 N–H and O–H groups in total. The molecule has 0 amide bonds. The summed E-state index contributed by atoms with van der Waals surface area (Å²) in [5.74, 6) is 0.339. The quantitative estimate of drug-likeness (QED) is 0.670. The molecule has 1 aromatic rings. The number of aliphatic hydroxyl groups is 1. The van der Waals surface area contributed by atoms with Crippen molar-refractivity contribution < 1.29 is 10.2 Å². The monoisotopic (exact) mass is 195 g/mol. The van der Waals surface area contributed by atoms with E-state index in [-0.39, 0.29) is 12.6 Å². The summed E-state index contributed by atoms with van der Waals surface area (Å²) < 4.78 is 0. The summed E-state index contributed by atoms with van der Waals surface area (Å²) in [6.45, 7) is 3.70. The summed E-state index contributed by atoms with van der Waals surface area (Å²) in [5.41, 5.74) is 8.39. The van der Waals surface area contributed by atoms with Crippen molar-refractivity contribution in [1.82, 2.24) is 0 Å². The smallest absolute Gasteiger partial charge is 0.121 e. The summed E-state index contributed by atoms with van der Waals surface area (Å²) in [7, 11) is 0. The van der Waals surface area contributed by atoms with Crippen LogP contribution in [0.5, 0.6) is 5.75 Å². The van der Waals surface area contributed by atoms with Crippen LogP contribution in [-0.2, 0) is 6.42 Å². The van der Waals surface area contributed by atoms with Gasteiger partial charge in [0.2, 0.25) is 0 Å². The largest absolute Gasteiger partial charge is 0.507 e. The van der Waals surface area contributed by atoms with Gasteiger partial charge in [-0.2, -0.15) is 0 Å². The number of nitrogens with two attached hydrogens (primary N) is 1. The minimum absolute atomic E-state index is 0.0149. The van der Waals surface area contributed by atoms with Gasteiger partial charge >= 0.3 is 0 Å². The molecule has 1 atom stereocenters. The van der Waals surface area contributed by atoms with Gasteiger partial charge in [0.25, 0.3) is 0 Å². The Balaban J connectivity index is 2.89. The van der Waals surface area contributed by atoms with E-state index in [1.807, 2.05) is 26.0 Å². The second-order valence-electron chi connectivity index (χ2n) is 3.73. The first-order chi connectivity index (χ1) is 6.54. The van der Waals surface area contributed by atoms with Crippen molar-refractivity contribution in [3.05, 3.63) is 28.8 Å². The zero-order valence-electron chi connectivity index (χ0n) is 8.62. The molecular formula is C11H17NO2. The van der Waals surface area contributed by atoms with E-state index >= 15 is 0 Å². The summed E-state index contributed by atoms with van der Waals surface area (Å²) in [4.78, 5) is 0. The maximum absolute atomic E-state index is 9.54. The van der Waals surface area contributed by atoms with Gasteiger partial charge in [0, 0.05) is 6.04 Å². The lowest BCUT2D eigenvalue weighted by Crippen LogP contribution is -2.26. The molecular weight excluding hydrogens is 178 g/mol. The number of phenolic OH excluding ortho intramolecular Hbond substituents is 1. The molecule has 78 valence electrons. The SMILES string of the molecule is Cc1cc(CC(N)CO)cc(C)c1O. The van der Waals surface area contributed by atoms with Crippen molar-refractivity contribution in [2.45, 2.75) is 26.3 Å². The standard InChI is InChI=1S/C11H17NO2/c1-7-3-9(5-10(12)6-13)4-8(2)11(7)14/h3-4,10,13-14H,5-6,12H2,1-2H3. The molecule has 0 aliphatic rings. The highest BCUT2D eigenvalue weighted by atomic mass is 16.3. The lowest BCUT2D eigenvalue weighted by molar-refractivity contribution is 0.265. The number of aromatic hydroxyl groups is 1. The van der Waals surface area contributed by atoms with Crippen molar-refractivity contribution in [2.24, 2.45) is 5.73 Å². The van der Waals surface area contributed by atoms with Crippen LogP contribution in [0, 0.1) is 13.8 Å². The van der Waals surface area contributed by atoms with Crippen LogP contribution in [0.25, 0.3) is 0 Å². The average Bonchev–Trinajstić information content (AvgIpc) is 2.14. The maximum Gasteiger partial charge on any atom is 0.121 e. The zero-order chi connectivity index (χ0) is 10.7. The van der Waals surface area contributed by atoms with Gasteiger partial charge in [-0.25, -0.2) is 0 Å². The molecule has 0 aliphatic heterocycles. The Kier molecular flexibility index (Phi) is 3.49. The maximum atomic E-state index is 9.54. The second kappa shape index (κ2) is 4.44. The molecule has 0 saturated heterocycles. The minimum Gasteiger partial charge on any atom is -0.507 e. The van der Waals surface area contributed by atoms with Crippen LogP contribution >= 0.6 is 0 Å². The lowest BCUT2D eigenvalue weighted by atomic mass is 10.0. The second-order valence-corrected chi connectivity index (χ2v) is 3.73. The van der Waals surface area contributed by atoms with Crippen LogP contribution in [0.1, 0.15) is 16.7 Å². The van der Waals surface area contributed by atoms with Gasteiger partial charge < -0.3 is 15.9 Å². The van der Waals surface area contributed by atoms with E-state index in [0.29, 0.717) is 12.2 Å². The van der Waals surface area contributed by atoms with E-state index in [1.54, 1.807) is 0 Å². The third-order valence-corrected chi connectivity index (χ3v) is 2.28. The van der Waals surface area contributed by atoms with Gasteiger partial charge in [0.15, 0.2) is 0 Å². The van der Waals surface area contributed by atoms with Gasteiger partial charge in [-0.05, 0) is 37.0 Å². The first kappa shape index (κ1) is 11.0. The molecule has 0 fully saturated rings. The van der Waals surface area contributed by atoms with Crippen molar-refractivity contribution in [2.75, 3.05) is 6.61 Å². The fourth-order valence-corrected chi connectivity index (χ4v) is 1.53. The van der Waals surface area contributed by atoms with Crippen molar-refractivity contribution >= 4 is 0 Å². The van der Waals surface area contributed by atoms with Gasteiger partial charge in [0.1, 0.15) is 5.75 Å². The van der Waals surface area contributed by atoms with Crippen molar-refractivity contribution in [3.63, 3.8) is 0 Å². The predicted molar refractivity (Wildman–Crippen MR) is 56.3 cm³/mol. The van der Waals surface area contributed by atoms with Gasteiger partial charge in [-0.3, -0.25) is 0 Å². The van der Waals surface area contributed by atoms with E-state index < -0.39 is 0 Å². The zero-order valence-corrected chi connectivity index (χ0v) is 8.62. The van der Waals surface area contributed by atoms with E-state index in [2.05, 4.69) is 0 Å². The lowest BCUT2D eigenvalue weighted by Gasteiger charge is -2.11. The molecule has 1 aromatic carbocycles. The van der Waals surface area contributed by atoms with E-state index in [0.717, 1.165) is 16.7 Å². The number of benzene rings is 1.